The van der Waals surface area contributed by atoms with Gasteiger partial charge in [-0.2, -0.15) is 5.10 Å². The van der Waals surface area contributed by atoms with Crippen LogP contribution in [0.15, 0.2) is 63.8 Å². The number of carbonyl (C=O) groups is 1. The minimum atomic E-state index is -0.231. The Labute approximate surface area is 161 Å². The average Bonchev–Trinajstić information content (AvgIpc) is 2.99. The van der Waals surface area contributed by atoms with Gasteiger partial charge in [0.25, 0.3) is 5.91 Å². The van der Waals surface area contributed by atoms with Crippen molar-refractivity contribution in [2.45, 2.75) is 13.8 Å². The summed E-state index contributed by atoms with van der Waals surface area (Å²) in [5.74, 6) is 0.864. The summed E-state index contributed by atoms with van der Waals surface area (Å²) in [4.78, 5) is 24.9. The summed E-state index contributed by atoms with van der Waals surface area (Å²) in [5.41, 5.74) is 3.52. The number of aromatic nitrogens is 2. The second kappa shape index (κ2) is 6.81. The van der Waals surface area contributed by atoms with Crippen molar-refractivity contribution in [3.05, 3.63) is 81.6 Å². The van der Waals surface area contributed by atoms with Crippen molar-refractivity contribution in [2.24, 2.45) is 7.05 Å². The number of fused-ring (bicyclic) bond motifs is 1. The first kappa shape index (κ1) is 17.7. The Kier molecular flexibility index (Phi) is 4.31. The molecule has 2 aromatic heterocycles. The number of hydrogen-bond acceptors (Lipinski definition) is 4. The summed E-state index contributed by atoms with van der Waals surface area (Å²) in [6.45, 7) is 3.80. The third-order valence-corrected chi connectivity index (χ3v) is 4.56. The van der Waals surface area contributed by atoms with Crippen LogP contribution >= 0.6 is 0 Å². The molecule has 28 heavy (non-hydrogen) atoms. The molecule has 0 saturated carbocycles. The van der Waals surface area contributed by atoms with Gasteiger partial charge >= 0.3 is 0 Å². The van der Waals surface area contributed by atoms with Crippen LogP contribution in [0.3, 0.4) is 0 Å². The fraction of sp³-hybridized carbons (Fsp3) is 0.136. The molecule has 1 amide bonds. The van der Waals surface area contributed by atoms with Crippen molar-refractivity contribution in [1.82, 2.24) is 9.78 Å². The number of nitrogens with one attached hydrogen (secondary N) is 1. The van der Waals surface area contributed by atoms with Gasteiger partial charge in [-0.15, -0.1) is 0 Å². The molecule has 0 aliphatic heterocycles. The normalized spacial score (nSPS) is 11.0. The molecular weight excluding hydrogens is 354 g/mol. The molecule has 0 fully saturated rings. The molecular formula is C22H19N3O3. The van der Waals surface area contributed by atoms with Crippen molar-refractivity contribution in [3.8, 4) is 11.3 Å². The maximum Gasteiger partial charge on any atom is 0.256 e. The van der Waals surface area contributed by atoms with Crippen LogP contribution in [0, 0.1) is 13.8 Å². The highest BCUT2D eigenvalue weighted by molar-refractivity contribution is 6.04. The van der Waals surface area contributed by atoms with E-state index in [2.05, 4.69) is 10.4 Å². The monoisotopic (exact) mass is 373 g/mol. The van der Waals surface area contributed by atoms with Gasteiger partial charge in [0.2, 0.25) is 0 Å². The molecule has 0 aliphatic rings. The topological polar surface area (TPSA) is 77.1 Å². The standard InChI is InChI=1S/C22H19N3O3/c1-13-4-9-19-17(10-13)18(26)12-20(28-19)15-5-7-16(8-6-15)22(27)23-21-11-14(2)24-25(21)3/h4-12H,1-3H3,(H,23,27). The predicted molar refractivity (Wildman–Crippen MR) is 109 cm³/mol. The van der Waals surface area contributed by atoms with Crippen molar-refractivity contribution < 1.29 is 9.21 Å². The lowest BCUT2D eigenvalue weighted by Crippen LogP contribution is -2.14. The Morgan fingerprint density at radius 3 is 2.46 bits per heavy atom. The zero-order valence-electron chi connectivity index (χ0n) is 15.8. The first-order valence-corrected chi connectivity index (χ1v) is 8.88. The number of anilines is 1. The quantitative estimate of drug-likeness (QED) is 0.587. The van der Waals surface area contributed by atoms with Gasteiger partial charge in [0.1, 0.15) is 17.2 Å². The number of rotatable bonds is 3. The van der Waals surface area contributed by atoms with Crippen LogP contribution in [0.4, 0.5) is 5.82 Å². The molecule has 0 radical (unpaired) electrons. The van der Waals surface area contributed by atoms with Gasteiger partial charge in [-0.25, -0.2) is 0 Å². The summed E-state index contributed by atoms with van der Waals surface area (Å²) < 4.78 is 7.50. The Morgan fingerprint density at radius 2 is 1.79 bits per heavy atom. The van der Waals surface area contributed by atoms with E-state index in [9.17, 15) is 9.59 Å². The lowest BCUT2D eigenvalue weighted by Gasteiger charge is -2.07. The second-order valence-corrected chi connectivity index (χ2v) is 6.80. The van der Waals surface area contributed by atoms with Crippen molar-refractivity contribution in [2.75, 3.05) is 5.32 Å². The maximum absolute atomic E-state index is 12.5. The molecule has 0 atom stereocenters. The van der Waals surface area contributed by atoms with Gasteiger partial charge in [0.05, 0.1) is 11.1 Å². The molecule has 0 spiro atoms. The first-order valence-electron chi connectivity index (χ1n) is 8.88. The summed E-state index contributed by atoms with van der Waals surface area (Å²) in [6.07, 6.45) is 0. The number of nitrogens with zero attached hydrogens (tertiary/aromatic N) is 2. The molecule has 140 valence electrons. The Bertz CT molecular complexity index is 1250. The van der Waals surface area contributed by atoms with Gasteiger partial charge in [-0.1, -0.05) is 23.8 Å². The highest BCUT2D eigenvalue weighted by Gasteiger charge is 2.11. The summed E-state index contributed by atoms with van der Waals surface area (Å²) in [7, 11) is 1.77. The summed E-state index contributed by atoms with van der Waals surface area (Å²) in [5, 5.41) is 7.60. The molecule has 0 bridgehead atoms. The third kappa shape index (κ3) is 3.32. The number of carbonyl (C=O) groups excluding carboxylic acids is 1. The second-order valence-electron chi connectivity index (χ2n) is 6.80. The lowest BCUT2D eigenvalue weighted by molar-refractivity contribution is 0.102. The van der Waals surface area contributed by atoms with E-state index >= 15 is 0 Å². The average molecular weight is 373 g/mol. The van der Waals surface area contributed by atoms with Crippen molar-refractivity contribution in [1.29, 1.82) is 0 Å². The first-order chi connectivity index (χ1) is 13.4. The van der Waals surface area contributed by atoms with Gasteiger partial charge < -0.3 is 9.73 Å². The Hall–Kier alpha value is -3.67. The van der Waals surface area contributed by atoms with E-state index in [4.69, 9.17) is 4.42 Å². The lowest BCUT2D eigenvalue weighted by atomic mass is 10.1. The SMILES string of the molecule is Cc1ccc2oc(-c3ccc(C(=O)Nc4cc(C)nn4C)cc3)cc(=O)c2c1. The molecule has 0 saturated heterocycles. The van der Waals surface area contributed by atoms with Crippen molar-refractivity contribution in [3.63, 3.8) is 0 Å². The minimum Gasteiger partial charge on any atom is -0.456 e. The van der Waals surface area contributed by atoms with Gasteiger partial charge in [0.15, 0.2) is 5.43 Å². The number of amides is 1. The number of hydrogen-bond donors (Lipinski definition) is 1. The van der Waals surface area contributed by atoms with Crippen LogP contribution in [0.5, 0.6) is 0 Å². The molecule has 2 aromatic carbocycles. The highest BCUT2D eigenvalue weighted by atomic mass is 16.3. The smallest absolute Gasteiger partial charge is 0.256 e. The Balaban J connectivity index is 1.62. The van der Waals surface area contributed by atoms with E-state index in [0.29, 0.717) is 28.1 Å². The minimum absolute atomic E-state index is 0.0895. The third-order valence-electron chi connectivity index (χ3n) is 4.56. The van der Waals surface area contributed by atoms with E-state index in [-0.39, 0.29) is 11.3 Å². The van der Waals surface area contributed by atoms with Crippen LogP contribution in [0.2, 0.25) is 0 Å². The largest absolute Gasteiger partial charge is 0.456 e. The predicted octanol–water partition coefficient (Wildman–Crippen LogP) is 4.06. The fourth-order valence-electron chi connectivity index (χ4n) is 3.11. The van der Waals surface area contributed by atoms with E-state index in [1.807, 2.05) is 26.0 Å². The van der Waals surface area contributed by atoms with E-state index in [1.165, 1.54) is 6.07 Å². The van der Waals surface area contributed by atoms with Crippen molar-refractivity contribution >= 4 is 22.7 Å². The number of benzene rings is 2. The van der Waals surface area contributed by atoms with Gasteiger partial charge in [0, 0.05) is 30.3 Å². The highest BCUT2D eigenvalue weighted by Crippen LogP contribution is 2.23. The number of aryl methyl sites for hydroxylation is 3. The zero-order chi connectivity index (χ0) is 19.8. The molecule has 2 heterocycles. The van der Waals surface area contributed by atoms with Crippen LogP contribution in [0.1, 0.15) is 21.6 Å². The van der Waals surface area contributed by atoms with Crippen LogP contribution < -0.4 is 10.7 Å². The van der Waals surface area contributed by atoms with E-state index in [1.54, 1.807) is 48.1 Å². The summed E-state index contributed by atoms with van der Waals surface area (Å²) >= 11 is 0. The molecule has 6 nitrogen and oxygen atoms in total. The Morgan fingerprint density at radius 1 is 1.04 bits per heavy atom. The fourth-order valence-corrected chi connectivity index (χ4v) is 3.11. The zero-order valence-corrected chi connectivity index (χ0v) is 15.8. The molecule has 0 aliphatic carbocycles. The molecule has 6 heteroatoms. The van der Waals surface area contributed by atoms with Crippen LogP contribution in [-0.2, 0) is 7.05 Å². The molecule has 4 rings (SSSR count). The molecule has 4 aromatic rings. The van der Waals surface area contributed by atoms with E-state index < -0.39 is 0 Å². The maximum atomic E-state index is 12.5. The van der Waals surface area contributed by atoms with E-state index in [0.717, 1.165) is 16.8 Å². The molecule has 1 N–H and O–H groups in total. The van der Waals surface area contributed by atoms with Crippen LogP contribution in [-0.4, -0.2) is 15.7 Å². The molecule has 0 unspecified atom stereocenters. The van der Waals surface area contributed by atoms with Crippen LogP contribution in [0.25, 0.3) is 22.3 Å². The van der Waals surface area contributed by atoms with Gasteiger partial charge in [-0.05, 0) is 38.1 Å². The van der Waals surface area contributed by atoms with Gasteiger partial charge in [-0.3, -0.25) is 14.3 Å². The summed E-state index contributed by atoms with van der Waals surface area (Å²) in [6, 6.07) is 15.7.